The molecule has 2 heterocycles. The van der Waals surface area contributed by atoms with Crippen molar-refractivity contribution in [1.29, 1.82) is 0 Å². The summed E-state index contributed by atoms with van der Waals surface area (Å²) in [5, 5.41) is 1.91. The third-order valence-electron chi connectivity index (χ3n) is 1.24. The fraction of sp³-hybridized carbons (Fsp3) is 0. The number of hydrogen-bond donors (Lipinski definition) is 0. The fourth-order valence-corrected chi connectivity index (χ4v) is 1.27. The molecule has 0 N–H and O–H groups in total. The Morgan fingerprint density at radius 1 is 1.27 bits per heavy atom. The van der Waals surface area contributed by atoms with E-state index < -0.39 is 0 Å². The van der Waals surface area contributed by atoms with E-state index in [-0.39, 0.29) is 0 Å². The Morgan fingerprint density at radius 3 is 2.91 bits per heavy atom. The van der Waals surface area contributed by atoms with Crippen LogP contribution in [0.4, 0.5) is 0 Å². The molecule has 0 aliphatic rings. The largest absolute Gasteiger partial charge is 0.234 e. The van der Waals surface area contributed by atoms with Crippen LogP contribution in [0.5, 0.6) is 0 Å². The summed E-state index contributed by atoms with van der Waals surface area (Å²) in [5.41, 5.74) is 1.70. The molecular formula is C7H4N3S. The van der Waals surface area contributed by atoms with Gasteiger partial charge in [-0.05, 0) is 23.7 Å². The van der Waals surface area contributed by atoms with Crippen LogP contribution < -0.4 is 0 Å². The lowest BCUT2D eigenvalue weighted by Crippen LogP contribution is -1.82. The van der Waals surface area contributed by atoms with Crippen LogP contribution in [0.15, 0.2) is 23.7 Å². The lowest BCUT2D eigenvalue weighted by atomic mass is 10.3. The lowest BCUT2D eigenvalue weighted by Gasteiger charge is -1.89. The third-order valence-corrected chi connectivity index (χ3v) is 1.80. The molecule has 2 rings (SSSR count). The van der Waals surface area contributed by atoms with Gasteiger partial charge in [0.15, 0.2) is 6.33 Å². The average molecular weight is 162 g/mol. The van der Waals surface area contributed by atoms with Gasteiger partial charge in [0.1, 0.15) is 5.69 Å². The van der Waals surface area contributed by atoms with Crippen molar-refractivity contribution in [1.82, 2.24) is 14.3 Å². The maximum absolute atomic E-state index is 4.12. The molecule has 0 bridgehead atoms. The molecule has 3 nitrogen and oxygen atoms in total. The summed E-state index contributed by atoms with van der Waals surface area (Å²) in [6.45, 7) is 0. The van der Waals surface area contributed by atoms with Crippen molar-refractivity contribution in [2.24, 2.45) is 0 Å². The molecule has 0 aliphatic heterocycles. The van der Waals surface area contributed by atoms with Crippen molar-refractivity contribution in [3.63, 3.8) is 0 Å². The third kappa shape index (κ3) is 1.25. The molecule has 0 saturated carbocycles. The van der Waals surface area contributed by atoms with E-state index in [1.54, 1.807) is 6.20 Å². The van der Waals surface area contributed by atoms with Gasteiger partial charge in [-0.1, -0.05) is 0 Å². The molecule has 0 aliphatic carbocycles. The monoisotopic (exact) mass is 162 g/mol. The van der Waals surface area contributed by atoms with Gasteiger partial charge in [0, 0.05) is 11.6 Å². The molecule has 0 atom stereocenters. The Hall–Kier alpha value is -1.29. The molecule has 0 fully saturated rings. The Morgan fingerprint density at radius 2 is 2.27 bits per heavy atom. The molecule has 0 amide bonds. The second-order valence-corrected chi connectivity index (χ2v) is 2.59. The van der Waals surface area contributed by atoms with Gasteiger partial charge in [-0.15, -0.1) is 0 Å². The highest BCUT2D eigenvalue weighted by Gasteiger charge is 1.98. The maximum Gasteiger partial charge on any atom is 0.198 e. The predicted molar refractivity (Wildman–Crippen MR) is 42.0 cm³/mol. The van der Waals surface area contributed by atoms with E-state index in [4.69, 9.17) is 0 Å². The van der Waals surface area contributed by atoms with Crippen LogP contribution in [0.2, 0.25) is 0 Å². The highest BCUT2D eigenvalue weighted by molar-refractivity contribution is 7.03. The minimum atomic E-state index is 0.821. The zero-order chi connectivity index (χ0) is 7.52. The summed E-state index contributed by atoms with van der Waals surface area (Å²) in [5.74, 6) is 0. The molecule has 4 heteroatoms. The molecule has 0 saturated heterocycles. The highest BCUT2D eigenvalue weighted by atomic mass is 32.1. The molecule has 11 heavy (non-hydrogen) atoms. The Kier molecular flexibility index (Phi) is 1.61. The smallest absolute Gasteiger partial charge is 0.198 e. The standard InChI is InChI=1S/C7H4N3S/c1-3-8-5-9-6(1)7-2-4-11-10-7/h1-4H. The van der Waals surface area contributed by atoms with E-state index >= 15 is 0 Å². The molecule has 2 aromatic rings. The quantitative estimate of drug-likeness (QED) is 0.636. The Labute approximate surface area is 67.9 Å². The first-order chi connectivity index (χ1) is 5.47. The van der Waals surface area contributed by atoms with Gasteiger partial charge >= 0.3 is 0 Å². The first-order valence-corrected chi connectivity index (χ1v) is 3.90. The van der Waals surface area contributed by atoms with E-state index in [0.29, 0.717) is 0 Å². The van der Waals surface area contributed by atoms with Crippen molar-refractivity contribution in [3.05, 3.63) is 30.0 Å². The lowest BCUT2D eigenvalue weighted by molar-refractivity contribution is 1.15. The SMILES string of the molecule is [c]1nccc(-c2ccsn2)n1. The van der Waals surface area contributed by atoms with E-state index in [1.165, 1.54) is 11.5 Å². The molecule has 1 radical (unpaired) electrons. The van der Waals surface area contributed by atoms with E-state index in [0.717, 1.165) is 11.4 Å². The van der Waals surface area contributed by atoms with Crippen molar-refractivity contribution < 1.29 is 0 Å². The van der Waals surface area contributed by atoms with Crippen molar-refractivity contribution >= 4 is 11.5 Å². The molecule has 0 unspecified atom stereocenters. The van der Waals surface area contributed by atoms with Crippen LogP contribution in [-0.4, -0.2) is 14.3 Å². The van der Waals surface area contributed by atoms with Crippen LogP contribution in [0.25, 0.3) is 11.4 Å². The second kappa shape index (κ2) is 2.75. The zero-order valence-corrected chi connectivity index (χ0v) is 6.38. The zero-order valence-electron chi connectivity index (χ0n) is 5.56. The number of nitrogens with zero attached hydrogens (tertiary/aromatic N) is 3. The van der Waals surface area contributed by atoms with Crippen molar-refractivity contribution in [3.8, 4) is 11.4 Å². The minimum absolute atomic E-state index is 0.821. The van der Waals surface area contributed by atoms with E-state index in [2.05, 4.69) is 20.7 Å². The van der Waals surface area contributed by atoms with E-state index in [9.17, 15) is 0 Å². The average Bonchev–Trinajstić information content (AvgIpc) is 2.58. The maximum atomic E-state index is 4.12. The summed E-state index contributed by atoms with van der Waals surface area (Å²) >= 11 is 1.41. The normalized spacial score (nSPS) is 9.82. The van der Waals surface area contributed by atoms with E-state index in [1.807, 2.05) is 17.5 Å². The van der Waals surface area contributed by atoms with Gasteiger partial charge in [0.25, 0.3) is 0 Å². The van der Waals surface area contributed by atoms with Crippen molar-refractivity contribution in [2.45, 2.75) is 0 Å². The first-order valence-electron chi connectivity index (χ1n) is 3.06. The topological polar surface area (TPSA) is 38.7 Å². The summed E-state index contributed by atoms with van der Waals surface area (Å²) in [6.07, 6.45) is 4.17. The molecule has 0 spiro atoms. The summed E-state index contributed by atoms with van der Waals surface area (Å²) < 4.78 is 4.12. The Balaban J connectivity index is 2.46. The van der Waals surface area contributed by atoms with Gasteiger partial charge in [-0.3, -0.25) is 0 Å². The van der Waals surface area contributed by atoms with Gasteiger partial charge in [0.2, 0.25) is 0 Å². The van der Waals surface area contributed by atoms with Crippen LogP contribution >= 0.6 is 11.5 Å². The highest BCUT2D eigenvalue weighted by Crippen LogP contribution is 2.13. The van der Waals surface area contributed by atoms with Crippen molar-refractivity contribution in [2.75, 3.05) is 0 Å². The van der Waals surface area contributed by atoms with Gasteiger partial charge in [-0.25, -0.2) is 9.97 Å². The number of rotatable bonds is 1. The second-order valence-electron chi connectivity index (χ2n) is 1.93. The molecular weight excluding hydrogens is 158 g/mol. The van der Waals surface area contributed by atoms with Gasteiger partial charge < -0.3 is 0 Å². The number of hydrogen-bond acceptors (Lipinski definition) is 4. The predicted octanol–water partition coefficient (Wildman–Crippen LogP) is 1.40. The molecule has 53 valence electrons. The number of aromatic nitrogens is 3. The fourth-order valence-electron chi connectivity index (χ4n) is 0.749. The first kappa shape index (κ1) is 6.42. The molecule has 2 aromatic heterocycles. The van der Waals surface area contributed by atoms with Gasteiger partial charge in [0.05, 0.1) is 5.69 Å². The van der Waals surface area contributed by atoms with Crippen LogP contribution in [0.3, 0.4) is 0 Å². The summed E-state index contributed by atoms with van der Waals surface area (Å²) in [4.78, 5) is 7.62. The van der Waals surface area contributed by atoms with Crippen LogP contribution in [0, 0.1) is 6.33 Å². The molecule has 0 aromatic carbocycles. The Bertz CT molecular complexity index is 317. The van der Waals surface area contributed by atoms with Crippen LogP contribution in [0.1, 0.15) is 0 Å². The summed E-state index contributed by atoms with van der Waals surface area (Å²) in [7, 11) is 0. The van der Waals surface area contributed by atoms with Crippen LogP contribution in [-0.2, 0) is 0 Å². The minimum Gasteiger partial charge on any atom is -0.234 e. The summed E-state index contributed by atoms with van der Waals surface area (Å²) in [6, 6.07) is 3.73. The van der Waals surface area contributed by atoms with Gasteiger partial charge in [-0.2, -0.15) is 4.37 Å².